The van der Waals surface area contributed by atoms with Crippen LogP contribution in [0.15, 0.2) is 121 Å². The molecular formula is C32H29N3. The third kappa shape index (κ3) is 5.20. The Hall–Kier alpha value is -4.50. The van der Waals surface area contributed by atoms with Crippen LogP contribution in [0.25, 0.3) is 11.1 Å². The third-order valence-electron chi connectivity index (χ3n) is 6.13. The van der Waals surface area contributed by atoms with Crippen LogP contribution < -0.4 is 16.0 Å². The first kappa shape index (κ1) is 22.3. The lowest BCUT2D eigenvalue weighted by atomic mass is 10.0. The SMILES string of the molecule is Cc1ccc(Nc2ccc(-c3ccc(N(c4ccc(C)cc4)c4ccc(N)cc4)cc3)cc2)cc1. The van der Waals surface area contributed by atoms with Gasteiger partial charge in [0.2, 0.25) is 0 Å². The molecule has 3 nitrogen and oxygen atoms in total. The molecule has 0 saturated heterocycles. The molecule has 5 rings (SSSR count). The summed E-state index contributed by atoms with van der Waals surface area (Å²) in [6.07, 6.45) is 0. The number of nitrogens with zero attached hydrogens (tertiary/aromatic N) is 1. The number of nitrogens with one attached hydrogen (secondary N) is 1. The fraction of sp³-hybridized carbons (Fsp3) is 0.0625. The normalized spacial score (nSPS) is 10.7. The van der Waals surface area contributed by atoms with Crippen LogP contribution in [0.5, 0.6) is 0 Å². The lowest BCUT2D eigenvalue weighted by Gasteiger charge is -2.26. The van der Waals surface area contributed by atoms with E-state index in [-0.39, 0.29) is 0 Å². The van der Waals surface area contributed by atoms with Gasteiger partial charge < -0.3 is 16.0 Å². The summed E-state index contributed by atoms with van der Waals surface area (Å²) in [5.74, 6) is 0. The molecule has 0 bridgehead atoms. The van der Waals surface area contributed by atoms with Crippen molar-refractivity contribution in [2.75, 3.05) is 16.0 Å². The maximum absolute atomic E-state index is 5.94. The molecule has 0 amide bonds. The molecule has 0 radical (unpaired) electrons. The van der Waals surface area contributed by atoms with Gasteiger partial charge in [0, 0.05) is 34.1 Å². The van der Waals surface area contributed by atoms with Crippen molar-refractivity contribution in [2.45, 2.75) is 13.8 Å². The van der Waals surface area contributed by atoms with E-state index in [0.717, 1.165) is 34.1 Å². The standard InChI is InChI=1S/C32H29N3/c1-23-3-13-28(14-4-23)34-29-15-7-25(8-16-29)26-9-19-31(20-10-26)35(30-17-5-24(2)6-18-30)32-21-11-27(33)12-22-32/h3-22,34H,33H2,1-2H3. The molecular weight excluding hydrogens is 426 g/mol. The van der Waals surface area contributed by atoms with Crippen molar-refractivity contribution in [3.05, 3.63) is 132 Å². The number of nitrogens with two attached hydrogens (primary N) is 1. The summed E-state index contributed by atoms with van der Waals surface area (Å²) in [7, 11) is 0. The highest BCUT2D eigenvalue weighted by Gasteiger charge is 2.12. The lowest BCUT2D eigenvalue weighted by molar-refractivity contribution is 1.28. The lowest BCUT2D eigenvalue weighted by Crippen LogP contribution is -2.09. The summed E-state index contributed by atoms with van der Waals surface area (Å²) >= 11 is 0. The van der Waals surface area contributed by atoms with Gasteiger partial charge in [0.25, 0.3) is 0 Å². The van der Waals surface area contributed by atoms with Crippen LogP contribution in [0.1, 0.15) is 11.1 Å². The zero-order chi connectivity index (χ0) is 24.2. The van der Waals surface area contributed by atoms with Crippen molar-refractivity contribution < 1.29 is 0 Å². The van der Waals surface area contributed by atoms with Crippen molar-refractivity contribution in [3.8, 4) is 11.1 Å². The van der Waals surface area contributed by atoms with E-state index in [1.165, 1.54) is 22.3 Å². The van der Waals surface area contributed by atoms with Crippen LogP contribution in [-0.2, 0) is 0 Å². The van der Waals surface area contributed by atoms with E-state index in [9.17, 15) is 0 Å². The smallest absolute Gasteiger partial charge is 0.0463 e. The molecule has 3 N–H and O–H groups in total. The maximum atomic E-state index is 5.94. The number of benzene rings is 5. The van der Waals surface area contributed by atoms with E-state index in [1.807, 2.05) is 12.1 Å². The molecule has 3 heteroatoms. The van der Waals surface area contributed by atoms with Gasteiger partial charge in [-0.05, 0) is 97.8 Å². The number of aryl methyl sites for hydroxylation is 2. The fourth-order valence-corrected chi connectivity index (χ4v) is 4.12. The molecule has 0 aliphatic heterocycles. The Balaban J connectivity index is 1.40. The topological polar surface area (TPSA) is 41.3 Å². The quantitative estimate of drug-likeness (QED) is 0.251. The zero-order valence-corrected chi connectivity index (χ0v) is 20.1. The van der Waals surface area contributed by atoms with Gasteiger partial charge >= 0.3 is 0 Å². The minimum atomic E-state index is 0.758. The molecule has 0 spiro atoms. The van der Waals surface area contributed by atoms with Crippen molar-refractivity contribution in [3.63, 3.8) is 0 Å². The summed E-state index contributed by atoms with van der Waals surface area (Å²) in [6.45, 7) is 4.20. The van der Waals surface area contributed by atoms with Gasteiger partial charge in [-0.1, -0.05) is 59.7 Å². The average molecular weight is 456 g/mol. The van der Waals surface area contributed by atoms with Crippen LogP contribution in [0.2, 0.25) is 0 Å². The number of hydrogen-bond acceptors (Lipinski definition) is 3. The van der Waals surface area contributed by atoms with Crippen molar-refractivity contribution >= 4 is 34.1 Å². The highest BCUT2D eigenvalue weighted by atomic mass is 15.1. The molecule has 0 aliphatic rings. The van der Waals surface area contributed by atoms with Gasteiger partial charge in [0.1, 0.15) is 0 Å². The number of rotatable bonds is 6. The first-order chi connectivity index (χ1) is 17.0. The predicted octanol–water partition coefficient (Wildman–Crippen LogP) is 8.77. The van der Waals surface area contributed by atoms with Crippen LogP contribution in [-0.4, -0.2) is 0 Å². The molecule has 0 heterocycles. The Labute approximate surface area is 207 Å². The van der Waals surface area contributed by atoms with Gasteiger partial charge in [0.15, 0.2) is 0 Å². The van der Waals surface area contributed by atoms with Gasteiger partial charge in [-0.25, -0.2) is 0 Å². The Morgan fingerprint density at radius 1 is 0.457 bits per heavy atom. The molecule has 35 heavy (non-hydrogen) atoms. The van der Waals surface area contributed by atoms with E-state index >= 15 is 0 Å². The predicted molar refractivity (Wildman–Crippen MR) is 150 cm³/mol. The van der Waals surface area contributed by atoms with Crippen molar-refractivity contribution in [2.24, 2.45) is 0 Å². The minimum Gasteiger partial charge on any atom is -0.399 e. The molecule has 0 aromatic heterocycles. The monoisotopic (exact) mass is 455 g/mol. The van der Waals surface area contributed by atoms with Gasteiger partial charge in [0.05, 0.1) is 0 Å². The second-order valence-electron chi connectivity index (χ2n) is 8.88. The second kappa shape index (κ2) is 9.78. The van der Waals surface area contributed by atoms with Gasteiger partial charge in [-0.2, -0.15) is 0 Å². The Bertz CT molecular complexity index is 1340. The summed E-state index contributed by atoms with van der Waals surface area (Å²) in [5, 5.41) is 3.46. The van der Waals surface area contributed by atoms with E-state index in [1.54, 1.807) is 0 Å². The van der Waals surface area contributed by atoms with E-state index in [4.69, 9.17) is 5.73 Å². The van der Waals surface area contributed by atoms with Crippen molar-refractivity contribution in [1.29, 1.82) is 0 Å². The highest BCUT2D eigenvalue weighted by Crippen LogP contribution is 2.36. The largest absolute Gasteiger partial charge is 0.399 e. The summed E-state index contributed by atoms with van der Waals surface area (Å²) in [5.41, 5.74) is 17.0. The number of anilines is 6. The van der Waals surface area contributed by atoms with Crippen molar-refractivity contribution in [1.82, 2.24) is 0 Å². The number of hydrogen-bond donors (Lipinski definition) is 2. The first-order valence-electron chi connectivity index (χ1n) is 11.8. The van der Waals surface area contributed by atoms with E-state index in [0.29, 0.717) is 0 Å². The molecule has 0 atom stereocenters. The van der Waals surface area contributed by atoms with Gasteiger partial charge in [-0.3, -0.25) is 0 Å². The average Bonchev–Trinajstić information content (AvgIpc) is 2.89. The number of nitrogen functional groups attached to an aromatic ring is 1. The molecule has 172 valence electrons. The zero-order valence-electron chi connectivity index (χ0n) is 20.1. The fourth-order valence-electron chi connectivity index (χ4n) is 4.12. The van der Waals surface area contributed by atoms with Crippen LogP contribution in [0, 0.1) is 13.8 Å². The molecule has 0 unspecified atom stereocenters. The Kier molecular flexibility index (Phi) is 6.23. The van der Waals surface area contributed by atoms with E-state index in [2.05, 4.69) is 133 Å². The van der Waals surface area contributed by atoms with E-state index < -0.39 is 0 Å². The molecule has 0 saturated carbocycles. The minimum absolute atomic E-state index is 0.758. The van der Waals surface area contributed by atoms with Gasteiger partial charge in [-0.15, -0.1) is 0 Å². The molecule has 0 aliphatic carbocycles. The molecule has 5 aromatic rings. The summed E-state index contributed by atoms with van der Waals surface area (Å²) in [4.78, 5) is 2.25. The Morgan fingerprint density at radius 3 is 1.29 bits per heavy atom. The second-order valence-corrected chi connectivity index (χ2v) is 8.88. The summed E-state index contributed by atoms with van der Waals surface area (Å²) in [6, 6.07) is 42.3. The third-order valence-corrected chi connectivity index (χ3v) is 6.13. The molecule has 0 fully saturated rings. The Morgan fingerprint density at radius 2 is 0.800 bits per heavy atom. The van der Waals surface area contributed by atoms with Crippen LogP contribution in [0.3, 0.4) is 0 Å². The summed E-state index contributed by atoms with van der Waals surface area (Å²) < 4.78 is 0. The first-order valence-corrected chi connectivity index (χ1v) is 11.8. The van der Waals surface area contributed by atoms with Crippen LogP contribution >= 0.6 is 0 Å². The molecule has 5 aromatic carbocycles. The maximum Gasteiger partial charge on any atom is 0.0463 e. The highest BCUT2D eigenvalue weighted by molar-refractivity contribution is 5.79. The van der Waals surface area contributed by atoms with Crippen LogP contribution in [0.4, 0.5) is 34.1 Å².